The Kier molecular flexibility index (Phi) is 6.67. The monoisotopic (exact) mass is 434 g/mol. The second-order valence-electron chi connectivity index (χ2n) is 7.11. The molecule has 2 aromatic carbocycles. The molecule has 1 saturated heterocycles. The van der Waals surface area contributed by atoms with E-state index < -0.39 is 33.1 Å². The van der Waals surface area contributed by atoms with Gasteiger partial charge in [-0.3, -0.25) is 4.79 Å². The highest BCUT2D eigenvalue weighted by molar-refractivity contribution is 7.91. The van der Waals surface area contributed by atoms with Crippen LogP contribution in [-0.4, -0.2) is 44.2 Å². The summed E-state index contributed by atoms with van der Waals surface area (Å²) >= 11 is 0. The maximum absolute atomic E-state index is 13.7. The van der Waals surface area contributed by atoms with E-state index in [1.54, 1.807) is 12.1 Å². The molecule has 0 unspecified atom stereocenters. The van der Waals surface area contributed by atoms with E-state index in [4.69, 9.17) is 10.00 Å². The predicted octanol–water partition coefficient (Wildman–Crippen LogP) is 2.82. The van der Waals surface area contributed by atoms with E-state index in [-0.39, 0.29) is 17.6 Å². The van der Waals surface area contributed by atoms with Gasteiger partial charge in [0.25, 0.3) is 0 Å². The van der Waals surface area contributed by atoms with Crippen molar-refractivity contribution in [3.05, 3.63) is 65.2 Å². The SMILES string of the molecule is N#Cc1ccc(CS(=O)(=O)CC(=O)N2CCC(Oc3ccc(F)cc3F)CC2)cc1. The van der Waals surface area contributed by atoms with E-state index in [2.05, 4.69) is 0 Å². The molecule has 6 nitrogen and oxygen atoms in total. The molecule has 9 heteroatoms. The van der Waals surface area contributed by atoms with Crippen molar-refractivity contribution in [1.82, 2.24) is 4.90 Å². The first-order chi connectivity index (χ1) is 14.3. The summed E-state index contributed by atoms with van der Waals surface area (Å²) in [6.45, 7) is 0.581. The predicted molar refractivity (Wildman–Crippen MR) is 105 cm³/mol. The van der Waals surface area contributed by atoms with Crippen molar-refractivity contribution >= 4 is 15.7 Å². The van der Waals surface area contributed by atoms with Crippen molar-refractivity contribution in [2.24, 2.45) is 0 Å². The number of halogens is 2. The van der Waals surface area contributed by atoms with E-state index in [1.807, 2.05) is 6.07 Å². The molecule has 1 fully saturated rings. The zero-order valence-electron chi connectivity index (χ0n) is 16.1. The van der Waals surface area contributed by atoms with E-state index >= 15 is 0 Å². The number of nitrogens with zero attached hydrogens (tertiary/aromatic N) is 2. The second kappa shape index (κ2) is 9.22. The molecule has 0 spiro atoms. The molecule has 1 aliphatic heterocycles. The second-order valence-corrected chi connectivity index (χ2v) is 9.18. The summed E-state index contributed by atoms with van der Waals surface area (Å²) in [5, 5.41) is 8.79. The van der Waals surface area contributed by atoms with E-state index in [0.717, 1.165) is 12.1 Å². The van der Waals surface area contributed by atoms with Crippen LogP contribution < -0.4 is 4.74 Å². The lowest BCUT2D eigenvalue weighted by Gasteiger charge is -2.32. The standard InChI is InChI=1S/C21H20F2N2O4S/c22-17-5-6-20(19(23)11-17)29-18-7-9-25(10-8-18)21(26)14-30(27,28)13-16-3-1-15(12-24)2-4-16/h1-6,11,18H,7-10,13-14H2. The highest BCUT2D eigenvalue weighted by Crippen LogP contribution is 2.23. The third-order valence-electron chi connectivity index (χ3n) is 4.80. The van der Waals surface area contributed by atoms with Crippen LogP contribution in [0.15, 0.2) is 42.5 Å². The number of sulfone groups is 1. The van der Waals surface area contributed by atoms with Crippen LogP contribution in [0.5, 0.6) is 5.75 Å². The van der Waals surface area contributed by atoms with Gasteiger partial charge in [0.1, 0.15) is 17.7 Å². The smallest absolute Gasteiger partial charge is 0.237 e. The Morgan fingerprint density at radius 2 is 1.80 bits per heavy atom. The fourth-order valence-corrected chi connectivity index (χ4v) is 4.59. The summed E-state index contributed by atoms with van der Waals surface area (Å²) in [6, 6.07) is 11.2. The molecule has 1 amide bonds. The van der Waals surface area contributed by atoms with Gasteiger partial charge in [0, 0.05) is 32.0 Å². The molecule has 0 atom stereocenters. The Morgan fingerprint density at radius 3 is 2.40 bits per heavy atom. The molecule has 158 valence electrons. The number of benzene rings is 2. The molecule has 0 radical (unpaired) electrons. The Labute approximate surface area is 173 Å². The molecular formula is C21H20F2N2O4S. The Hall–Kier alpha value is -2.99. The number of carbonyl (C=O) groups excluding carboxylic acids is 1. The normalized spacial score (nSPS) is 14.9. The topological polar surface area (TPSA) is 87.5 Å². The highest BCUT2D eigenvalue weighted by Gasteiger charge is 2.27. The molecule has 3 rings (SSSR count). The zero-order chi connectivity index (χ0) is 21.7. The molecule has 0 saturated carbocycles. The molecule has 1 aliphatic rings. The molecule has 0 bridgehead atoms. The van der Waals surface area contributed by atoms with Crippen LogP contribution in [-0.2, 0) is 20.4 Å². The number of carbonyl (C=O) groups is 1. The molecule has 1 heterocycles. The molecule has 0 N–H and O–H groups in total. The van der Waals surface area contributed by atoms with Crippen molar-refractivity contribution < 1.29 is 26.7 Å². The fourth-order valence-electron chi connectivity index (χ4n) is 3.23. The summed E-state index contributed by atoms with van der Waals surface area (Å²) in [4.78, 5) is 13.9. The van der Waals surface area contributed by atoms with E-state index in [1.165, 1.54) is 23.1 Å². The fraction of sp³-hybridized carbons (Fsp3) is 0.333. The number of hydrogen-bond acceptors (Lipinski definition) is 5. The summed E-state index contributed by atoms with van der Waals surface area (Å²) < 4.78 is 57.0. The molecule has 0 aromatic heterocycles. The third kappa shape index (κ3) is 5.76. The van der Waals surface area contributed by atoms with Crippen LogP contribution in [0, 0.1) is 23.0 Å². The number of nitriles is 1. The summed E-state index contributed by atoms with van der Waals surface area (Å²) in [6.07, 6.45) is 0.487. The Morgan fingerprint density at radius 1 is 1.13 bits per heavy atom. The van der Waals surface area contributed by atoms with Crippen LogP contribution in [0.3, 0.4) is 0 Å². The number of ether oxygens (including phenoxy) is 1. The van der Waals surface area contributed by atoms with Crippen LogP contribution >= 0.6 is 0 Å². The van der Waals surface area contributed by atoms with Gasteiger partial charge in [-0.2, -0.15) is 5.26 Å². The number of piperidine rings is 1. The number of hydrogen-bond donors (Lipinski definition) is 0. The molecular weight excluding hydrogens is 414 g/mol. The van der Waals surface area contributed by atoms with E-state index in [0.29, 0.717) is 37.1 Å². The van der Waals surface area contributed by atoms with Gasteiger partial charge in [-0.25, -0.2) is 17.2 Å². The first-order valence-corrected chi connectivity index (χ1v) is 11.2. The average molecular weight is 434 g/mol. The lowest BCUT2D eigenvalue weighted by Crippen LogP contribution is -2.44. The van der Waals surface area contributed by atoms with Crippen LogP contribution in [0.4, 0.5) is 8.78 Å². The molecule has 0 aliphatic carbocycles. The largest absolute Gasteiger partial charge is 0.487 e. The first kappa shape index (κ1) is 21.7. The highest BCUT2D eigenvalue weighted by atomic mass is 32.2. The Bertz CT molecular complexity index is 1060. The van der Waals surface area contributed by atoms with Gasteiger partial charge < -0.3 is 9.64 Å². The quantitative estimate of drug-likeness (QED) is 0.698. The molecule has 30 heavy (non-hydrogen) atoms. The van der Waals surface area contributed by atoms with Crippen LogP contribution in [0.1, 0.15) is 24.0 Å². The third-order valence-corrected chi connectivity index (χ3v) is 6.26. The number of likely N-dealkylation sites (tertiary alicyclic amines) is 1. The van der Waals surface area contributed by atoms with Gasteiger partial charge in [-0.05, 0) is 29.8 Å². The molecule has 2 aromatic rings. The maximum atomic E-state index is 13.7. The van der Waals surface area contributed by atoms with E-state index in [9.17, 15) is 22.0 Å². The van der Waals surface area contributed by atoms with Gasteiger partial charge in [0.05, 0.1) is 17.4 Å². The average Bonchev–Trinajstić information content (AvgIpc) is 2.70. The Balaban J connectivity index is 1.51. The minimum absolute atomic E-state index is 0.0498. The summed E-state index contributed by atoms with van der Waals surface area (Å²) in [7, 11) is -3.67. The number of amides is 1. The number of rotatable bonds is 6. The van der Waals surface area contributed by atoms with Gasteiger partial charge in [0.15, 0.2) is 21.4 Å². The van der Waals surface area contributed by atoms with Crippen molar-refractivity contribution in [3.63, 3.8) is 0 Å². The van der Waals surface area contributed by atoms with Crippen molar-refractivity contribution in [2.75, 3.05) is 18.8 Å². The lowest BCUT2D eigenvalue weighted by atomic mass is 10.1. The van der Waals surface area contributed by atoms with Crippen LogP contribution in [0.2, 0.25) is 0 Å². The zero-order valence-corrected chi connectivity index (χ0v) is 16.9. The summed E-state index contributed by atoms with van der Waals surface area (Å²) in [5.74, 6) is -2.91. The van der Waals surface area contributed by atoms with Gasteiger partial charge in [-0.15, -0.1) is 0 Å². The van der Waals surface area contributed by atoms with Crippen LogP contribution in [0.25, 0.3) is 0 Å². The first-order valence-electron chi connectivity index (χ1n) is 9.35. The van der Waals surface area contributed by atoms with Gasteiger partial charge in [0.2, 0.25) is 5.91 Å². The van der Waals surface area contributed by atoms with Crippen molar-refractivity contribution in [2.45, 2.75) is 24.7 Å². The van der Waals surface area contributed by atoms with Crippen molar-refractivity contribution in [3.8, 4) is 11.8 Å². The lowest BCUT2D eigenvalue weighted by molar-refractivity contribution is -0.130. The van der Waals surface area contributed by atoms with Gasteiger partial charge in [-0.1, -0.05) is 12.1 Å². The summed E-state index contributed by atoms with van der Waals surface area (Å²) in [5.41, 5.74) is 0.938. The maximum Gasteiger partial charge on any atom is 0.237 e. The minimum atomic E-state index is -3.67. The van der Waals surface area contributed by atoms with Crippen molar-refractivity contribution in [1.29, 1.82) is 5.26 Å². The minimum Gasteiger partial charge on any atom is -0.487 e. The van der Waals surface area contributed by atoms with Gasteiger partial charge >= 0.3 is 0 Å².